The minimum atomic E-state index is -4.19. The van der Waals surface area contributed by atoms with Gasteiger partial charge >= 0.3 is 6.18 Å². The van der Waals surface area contributed by atoms with E-state index in [9.17, 15) is 13.2 Å². The maximum Gasteiger partial charge on any atom is 0.390 e. The van der Waals surface area contributed by atoms with E-state index in [1.807, 2.05) is 50.2 Å². The first-order valence-corrected chi connectivity index (χ1v) is 7.20. The number of fused-ring (bicyclic) bond motifs is 1. The number of aryl methyl sites for hydroxylation is 1. The van der Waals surface area contributed by atoms with Crippen LogP contribution in [0.2, 0.25) is 0 Å². The molecule has 21 heavy (non-hydrogen) atoms. The molecule has 0 aromatic heterocycles. The Balaban J connectivity index is 2.49. The minimum absolute atomic E-state index is 0.573. The zero-order valence-electron chi connectivity index (χ0n) is 12.3. The number of hydrogen-bond donors (Lipinski definition) is 1. The Labute approximate surface area is 123 Å². The summed E-state index contributed by atoms with van der Waals surface area (Å²) < 4.78 is 38.7. The molecule has 0 bridgehead atoms. The second kappa shape index (κ2) is 6.48. The van der Waals surface area contributed by atoms with Gasteiger partial charge in [0.1, 0.15) is 0 Å². The molecule has 1 atom stereocenters. The second-order valence-corrected chi connectivity index (χ2v) is 5.34. The molecule has 0 fully saturated rings. The fourth-order valence-corrected chi connectivity index (χ4v) is 2.69. The molecule has 2 aromatic carbocycles. The average molecular weight is 295 g/mol. The molecule has 0 saturated heterocycles. The molecule has 0 radical (unpaired) electrons. The number of nitrogens with one attached hydrogen (secondary N) is 1. The lowest BCUT2D eigenvalue weighted by atomic mass is 9.92. The lowest BCUT2D eigenvalue weighted by Crippen LogP contribution is -2.28. The molecule has 2 aromatic rings. The number of rotatable bonds is 5. The molecule has 4 heteroatoms. The van der Waals surface area contributed by atoms with E-state index in [1.54, 1.807) is 0 Å². The van der Waals surface area contributed by atoms with Crippen LogP contribution in [0.5, 0.6) is 0 Å². The molecule has 0 aliphatic heterocycles. The van der Waals surface area contributed by atoms with Gasteiger partial charge in [0.2, 0.25) is 0 Å². The topological polar surface area (TPSA) is 12.0 Å². The van der Waals surface area contributed by atoms with E-state index in [1.165, 1.54) is 0 Å². The van der Waals surface area contributed by atoms with Crippen LogP contribution in [0.25, 0.3) is 10.8 Å². The minimum Gasteiger partial charge on any atom is -0.310 e. The Morgan fingerprint density at radius 3 is 2.48 bits per heavy atom. The SMILES string of the molecule is CCCNC(CC(F)(F)F)c1c(C)ccc2ccccc12. The van der Waals surface area contributed by atoms with Gasteiger partial charge in [0.25, 0.3) is 0 Å². The van der Waals surface area contributed by atoms with Gasteiger partial charge in [-0.3, -0.25) is 0 Å². The van der Waals surface area contributed by atoms with Gasteiger partial charge in [0, 0.05) is 6.04 Å². The summed E-state index contributed by atoms with van der Waals surface area (Å²) in [5, 5.41) is 4.93. The van der Waals surface area contributed by atoms with Crippen molar-refractivity contribution < 1.29 is 13.2 Å². The van der Waals surface area contributed by atoms with Crippen LogP contribution in [-0.2, 0) is 0 Å². The third-order valence-electron chi connectivity index (χ3n) is 3.61. The predicted octanol–water partition coefficient (Wildman–Crippen LogP) is 5.14. The normalized spacial score (nSPS) is 13.6. The standard InChI is InChI=1S/C17H20F3N/c1-3-10-21-15(11-17(18,19)20)16-12(2)8-9-13-6-4-5-7-14(13)16/h4-9,15,21H,3,10-11H2,1-2H3. The maximum atomic E-state index is 12.9. The molecular weight excluding hydrogens is 275 g/mol. The Hall–Kier alpha value is -1.55. The lowest BCUT2D eigenvalue weighted by Gasteiger charge is -2.24. The van der Waals surface area contributed by atoms with E-state index in [0.29, 0.717) is 6.54 Å². The summed E-state index contributed by atoms with van der Waals surface area (Å²) in [5.41, 5.74) is 1.66. The molecule has 1 unspecified atom stereocenters. The van der Waals surface area contributed by atoms with Crippen LogP contribution >= 0.6 is 0 Å². The Kier molecular flexibility index (Phi) is 4.88. The zero-order chi connectivity index (χ0) is 15.5. The van der Waals surface area contributed by atoms with Crippen molar-refractivity contribution in [1.82, 2.24) is 5.32 Å². The zero-order valence-corrected chi connectivity index (χ0v) is 12.3. The molecule has 1 nitrogen and oxygen atoms in total. The van der Waals surface area contributed by atoms with E-state index in [-0.39, 0.29) is 0 Å². The van der Waals surface area contributed by atoms with Crippen molar-refractivity contribution >= 4 is 10.8 Å². The monoisotopic (exact) mass is 295 g/mol. The molecule has 2 rings (SSSR count). The Morgan fingerprint density at radius 2 is 1.81 bits per heavy atom. The summed E-state index contributed by atoms with van der Waals surface area (Å²) in [7, 11) is 0. The fraction of sp³-hybridized carbons (Fsp3) is 0.412. The third-order valence-corrected chi connectivity index (χ3v) is 3.61. The molecule has 0 spiro atoms. The number of benzene rings is 2. The quantitative estimate of drug-likeness (QED) is 0.805. The van der Waals surface area contributed by atoms with Gasteiger partial charge in [-0.1, -0.05) is 43.3 Å². The first kappa shape index (κ1) is 15.8. The van der Waals surface area contributed by atoms with Crippen molar-refractivity contribution in [3.05, 3.63) is 47.5 Å². The molecule has 114 valence electrons. The Bertz CT molecular complexity index is 604. The molecule has 0 heterocycles. The van der Waals surface area contributed by atoms with Gasteiger partial charge in [0.15, 0.2) is 0 Å². The van der Waals surface area contributed by atoms with Gasteiger partial charge in [-0.15, -0.1) is 0 Å². The van der Waals surface area contributed by atoms with Gasteiger partial charge < -0.3 is 5.32 Å². The highest BCUT2D eigenvalue weighted by molar-refractivity contribution is 5.87. The second-order valence-electron chi connectivity index (χ2n) is 5.34. The predicted molar refractivity (Wildman–Crippen MR) is 80.4 cm³/mol. The molecule has 0 amide bonds. The van der Waals surface area contributed by atoms with Crippen LogP contribution in [0.1, 0.15) is 36.9 Å². The highest BCUT2D eigenvalue weighted by atomic mass is 19.4. The lowest BCUT2D eigenvalue weighted by molar-refractivity contribution is -0.140. The van der Waals surface area contributed by atoms with Crippen LogP contribution in [0.3, 0.4) is 0 Å². The largest absolute Gasteiger partial charge is 0.390 e. The van der Waals surface area contributed by atoms with Crippen LogP contribution in [0, 0.1) is 6.92 Å². The number of halogens is 3. The number of hydrogen-bond acceptors (Lipinski definition) is 1. The van der Waals surface area contributed by atoms with E-state index in [4.69, 9.17) is 0 Å². The van der Waals surface area contributed by atoms with Gasteiger partial charge in [-0.25, -0.2) is 0 Å². The van der Waals surface area contributed by atoms with Crippen molar-refractivity contribution in [2.45, 2.75) is 38.9 Å². The summed E-state index contributed by atoms with van der Waals surface area (Å²) in [6.45, 7) is 4.40. The summed E-state index contributed by atoms with van der Waals surface area (Å²) in [4.78, 5) is 0. The van der Waals surface area contributed by atoms with Crippen LogP contribution in [-0.4, -0.2) is 12.7 Å². The van der Waals surface area contributed by atoms with Crippen molar-refractivity contribution in [2.75, 3.05) is 6.54 Å². The fourth-order valence-electron chi connectivity index (χ4n) is 2.69. The van der Waals surface area contributed by atoms with Crippen LogP contribution in [0.4, 0.5) is 13.2 Å². The van der Waals surface area contributed by atoms with Gasteiger partial charge in [-0.05, 0) is 41.8 Å². The highest BCUT2D eigenvalue weighted by Gasteiger charge is 2.33. The first-order valence-electron chi connectivity index (χ1n) is 7.20. The summed E-state index contributed by atoms with van der Waals surface area (Å²) in [6.07, 6.45) is -4.23. The summed E-state index contributed by atoms with van der Waals surface area (Å²) in [5.74, 6) is 0. The van der Waals surface area contributed by atoms with E-state index < -0.39 is 18.6 Å². The molecule has 0 aliphatic carbocycles. The molecule has 0 saturated carbocycles. The first-order chi connectivity index (χ1) is 9.92. The smallest absolute Gasteiger partial charge is 0.310 e. The van der Waals surface area contributed by atoms with Crippen LogP contribution < -0.4 is 5.32 Å². The van der Waals surface area contributed by atoms with Gasteiger partial charge in [0.05, 0.1) is 6.42 Å². The summed E-state index contributed by atoms with van der Waals surface area (Å²) >= 11 is 0. The number of alkyl halides is 3. The highest BCUT2D eigenvalue weighted by Crippen LogP contribution is 2.35. The Morgan fingerprint density at radius 1 is 1.10 bits per heavy atom. The van der Waals surface area contributed by atoms with Crippen molar-refractivity contribution in [2.24, 2.45) is 0 Å². The van der Waals surface area contributed by atoms with Crippen LogP contribution in [0.15, 0.2) is 36.4 Å². The third kappa shape index (κ3) is 3.97. The van der Waals surface area contributed by atoms with Crippen molar-refractivity contribution in [3.8, 4) is 0 Å². The summed E-state index contributed by atoms with van der Waals surface area (Å²) in [6, 6.07) is 10.8. The van der Waals surface area contributed by atoms with E-state index in [0.717, 1.165) is 28.3 Å². The van der Waals surface area contributed by atoms with E-state index in [2.05, 4.69) is 5.32 Å². The van der Waals surface area contributed by atoms with Crippen molar-refractivity contribution in [1.29, 1.82) is 0 Å². The molecule has 1 N–H and O–H groups in total. The van der Waals surface area contributed by atoms with Gasteiger partial charge in [-0.2, -0.15) is 13.2 Å². The maximum absolute atomic E-state index is 12.9. The van der Waals surface area contributed by atoms with Crippen molar-refractivity contribution in [3.63, 3.8) is 0 Å². The van der Waals surface area contributed by atoms with E-state index >= 15 is 0 Å². The molecular formula is C17H20F3N. The average Bonchev–Trinajstić information content (AvgIpc) is 2.42. The molecule has 0 aliphatic rings.